The van der Waals surface area contributed by atoms with Crippen molar-refractivity contribution in [2.24, 2.45) is 5.92 Å². The van der Waals surface area contributed by atoms with E-state index in [0.29, 0.717) is 16.5 Å². The van der Waals surface area contributed by atoms with Crippen LogP contribution in [-0.2, 0) is 17.8 Å². The molecule has 2 aromatic heterocycles. The Balaban J connectivity index is 1.41. The van der Waals surface area contributed by atoms with E-state index >= 15 is 0 Å². The quantitative estimate of drug-likeness (QED) is 0.567. The number of hydrogen-bond acceptors (Lipinski definition) is 5. The third kappa shape index (κ3) is 4.59. The van der Waals surface area contributed by atoms with Crippen LogP contribution in [0.1, 0.15) is 51.2 Å². The molecule has 0 saturated heterocycles. The summed E-state index contributed by atoms with van der Waals surface area (Å²) in [6, 6.07) is 7.76. The zero-order chi connectivity index (χ0) is 24.0. The predicted octanol–water partition coefficient (Wildman–Crippen LogP) is 4.04. The van der Waals surface area contributed by atoms with Crippen molar-refractivity contribution in [1.82, 2.24) is 25.1 Å². The number of benzene rings is 1. The van der Waals surface area contributed by atoms with Gasteiger partial charge in [-0.05, 0) is 50.6 Å². The van der Waals surface area contributed by atoms with Crippen LogP contribution in [0.5, 0.6) is 0 Å². The molecule has 3 aromatic rings. The van der Waals surface area contributed by atoms with Crippen LogP contribution in [0.25, 0.3) is 10.9 Å². The maximum atomic E-state index is 13.3. The summed E-state index contributed by atoms with van der Waals surface area (Å²) in [6.45, 7) is 1.80. The molecule has 3 atom stereocenters. The van der Waals surface area contributed by atoms with E-state index < -0.39 is 0 Å². The van der Waals surface area contributed by atoms with Crippen LogP contribution in [0, 0.1) is 5.92 Å². The number of carbonyl (C=O) groups is 2. The lowest BCUT2D eigenvalue weighted by Gasteiger charge is -2.36. The van der Waals surface area contributed by atoms with E-state index in [1.165, 1.54) is 16.2 Å². The van der Waals surface area contributed by atoms with Gasteiger partial charge in [-0.15, -0.1) is 11.3 Å². The maximum Gasteiger partial charge on any atom is 0.280 e. The molecule has 2 amide bonds. The van der Waals surface area contributed by atoms with Gasteiger partial charge in [-0.2, -0.15) is 0 Å². The first-order chi connectivity index (χ1) is 16.3. The van der Waals surface area contributed by atoms with Gasteiger partial charge in [-0.3, -0.25) is 9.59 Å². The maximum absolute atomic E-state index is 13.3. The Bertz CT molecular complexity index is 1240. The molecule has 1 aliphatic heterocycles. The van der Waals surface area contributed by atoms with Crippen LogP contribution >= 0.6 is 22.9 Å². The summed E-state index contributed by atoms with van der Waals surface area (Å²) in [4.78, 5) is 39.3. The standard InChI is InChI=1S/C25H30ClN5O2S/c1-30(2)25(33)14-4-6-17(20-12-15-10-16(26)5-7-18(15)27-20)21(11-14)28-23(32)24-29-19-8-9-31(3)13-22(19)34-24/h5,7,10,12,14,17,21,27H,4,6,8-9,11,13H2,1-3H3,(H,28,32)/t14-,17+,21+/m0/s1. The number of aromatic nitrogens is 2. The molecule has 1 aliphatic carbocycles. The highest BCUT2D eigenvalue weighted by atomic mass is 35.5. The summed E-state index contributed by atoms with van der Waals surface area (Å²) in [5, 5.41) is 5.53. The second kappa shape index (κ2) is 9.32. The fourth-order valence-corrected chi connectivity index (χ4v) is 6.54. The summed E-state index contributed by atoms with van der Waals surface area (Å²) < 4.78 is 0. The molecule has 0 unspecified atom stereocenters. The minimum absolute atomic E-state index is 0.0852. The predicted molar refractivity (Wildman–Crippen MR) is 135 cm³/mol. The summed E-state index contributed by atoms with van der Waals surface area (Å²) in [5.74, 6) is -0.0429. The molecule has 0 bridgehead atoms. The van der Waals surface area contributed by atoms with Crippen molar-refractivity contribution < 1.29 is 9.59 Å². The zero-order valence-electron chi connectivity index (χ0n) is 19.7. The molecule has 0 radical (unpaired) electrons. The van der Waals surface area contributed by atoms with Gasteiger partial charge in [-0.25, -0.2) is 4.98 Å². The van der Waals surface area contributed by atoms with E-state index in [9.17, 15) is 9.59 Å². The Kier molecular flexibility index (Phi) is 6.39. The number of rotatable bonds is 4. The number of halogens is 1. The normalized spacial score (nSPS) is 23.0. The van der Waals surface area contributed by atoms with Crippen LogP contribution in [0.3, 0.4) is 0 Å². The number of likely N-dealkylation sites (N-methyl/N-ethyl adjacent to an activating group) is 1. The lowest BCUT2D eigenvalue weighted by Crippen LogP contribution is -2.46. The molecule has 34 heavy (non-hydrogen) atoms. The van der Waals surface area contributed by atoms with Crippen molar-refractivity contribution >= 4 is 45.7 Å². The van der Waals surface area contributed by atoms with Crippen LogP contribution in [0.2, 0.25) is 5.02 Å². The van der Waals surface area contributed by atoms with Gasteiger partial charge in [0.2, 0.25) is 5.91 Å². The Morgan fingerprint density at radius 1 is 1.26 bits per heavy atom. The number of aromatic amines is 1. The lowest BCUT2D eigenvalue weighted by molar-refractivity contribution is -0.134. The second-order valence-corrected chi connectivity index (χ2v) is 11.3. The monoisotopic (exact) mass is 499 g/mol. The summed E-state index contributed by atoms with van der Waals surface area (Å²) in [6.07, 6.45) is 3.09. The number of thiazole rings is 1. The van der Waals surface area contributed by atoms with Gasteiger partial charge in [0.25, 0.3) is 5.91 Å². The number of nitrogens with zero attached hydrogens (tertiary/aromatic N) is 3. The van der Waals surface area contributed by atoms with Crippen molar-refractivity contribution in [1.29, 1.82) is 0 Å². The van der Waals surface area contributed by atoms with Gasteiger partial charge in [0.15, 0.2) is 5.01 Å². The largest absolute Gasteiger partial charge is 0.358 e. The van der Waals surface area contributed by atoms with E-state index in [-0.39, 0.29) is 29.7 Å². The minimum Gasteiger partial charge on any atom is -0.358 e. The molecule has 9 heteroatoms. The minimum atomic E-state index is -0.165. The van der Waals surface area contributed by atoms with Gasteiger partial charge in [0, 0.05) is 78.0 Å². The van der Waals surface area contributed by atoms with Crippen molar-refractivity contribution in [3.63, 3.8) is 0 Å². The molecule has 3 heterocycles. The fourth-order valence-electron chi connectivity index (χ4n) is 5.27. The molecule has 2 N–H and O–H groups in total. The number of hydrogen-bond donors (Lipinski definition) is 2. The van der Waals surface area contributed by atoms with Gasteiger partial charge >= 0.3 is 0 Å². The molecule has 0 spiro atoms. The Hall–Kier alpha value is -2.42. The summed E-state index contributed by atoms with van der Waals surface area (Å²) in [7, 11) is 5.67. The summed E-state index contributed by atoms with van der Waals surface area (Å²) >= 11 is 7.68. The van der Waals surface area contributed by atoms with E-state index in [2.05, 4.69) is 33.3 Å². The fraction of sp³-hybridized carbons (Fsp3) is 0.480. The van der Waals surface area contributed by atoms with Crippen molar-refractivity contribution in [3.8, 4) is 0 Å². The molecular formula is C25H30ClN5O2S. The highest BCUT2D eigenvalue weighted by molar-refractivity contribution is 7.13. The molecule has 1 fully saturated rings. The Morgan fingerprint density at radius 3 is 2.88 bits per heavy atom. The zero-order valence-corrected chi connectivity index (χ0v) is 21.3. The molecule has 1 saturated carbocycles. The molecule has 2 aliphatic rings. The third-order valence-electron chi connectivity index (χ3n) is 7.08. The summed E-state index contributed by atoms with van der Waals surface area (Å²) in [5.41, 5.74) is 3.13. The highest BCUT2D eigenvalue weighted by Crippen LogP contribution is 2.38. The van der Waals surface area contributed by atoms with E-state index in [1.54, 1.807) is 19.0 Å². The molecule has 5 rings (SSSR count). The lowest BCUT2D eigenvalue weighted by atomic mass is 9.76. The average molecular weight is 500 g/mol. The SMILES string of the molecule is CN1CCc2nc(C(=O)N[C@@H]3C[C@@H](C(=O)N(C)C)CC[C@@H]3c3cc4cc(Cl)ccc4[nH]3)sc2C1. The Labute approximate surface area is 208 Å². The number of fused-ring (bicyclic) bond motifs is 2. The van der Waals surface area contributed by atoms with Crippen LogP contribution in [-0.4, -0.2) is 65.3 Å². The van der Waals surface area contributed by atoms with Crippen molar-refractivity contribution in [2.45, 2.75) is 44.2 Å². The third-order valence-corrected chi connectivity index (χ3v) is 8.39. The topological polar surface area (TPSA) is 81.3 Å². The van der Waals surface area contributed by atoms with E-state index in [1.807, 2.05) is 18.2 Å². The first-order valence-corrected chi connectivity index (χ1v) is 12.9. The smallest absolute Gasteiger partial charge is 0.280 e. The van der Waals surface area contributed by atoms with Crippen LogP contribution in [0.15, 0.2) is 24.3 Å². The van der Waals surface area contributed by atoms with Gasteiger partial charge in [-0.1, -0.05) is 11.6 Å². The molecular weight excluding hydrogens is 470 g/mol. The molecule has 1 aromatic carbocycles. The van der Waals surface area contributed by atoms with E-state index in [4.69, 9.17) is 11.6 Å². The van der Waals surface area contributed by atoms with Gasteiger partial charge in [0.1, 0.15) is 0 Å². The number of amides is 2. The van der Waals surface area contributed by atoms with E-state index in [0.717, 1.165) is 54.6 Å². The van der Waals surface area contributed by atoms with Gasteiger partial charge in [0.05, 0.1) is 5.69 Å². The molecule has 180 valence electrons. The molecule has 7 nitrogen and oxygen atoms in total. The van der Waals surface area contributed by atoms with Gasteiger partial charge < -0.3 is 20.1 Å². The number of H-pyrrole nitrogens is 1. The first-order valence-electron chi connectivity index (χ1n) is 11.8. The van der Waals surface area contributed by atoms with Crippen molar-refractivity contribution in [3.05, 3.63) is 50.6 Å². The second-order valence-electron chi connectivity index (χ2n) is 9.76. The first kappa shape index (κ1) is 23.3. The average Bonchev–Trinajstić information content (AvgIpc) is 3.41. The van der Waals surface area contributed by atoms with Crippen LogP contribution in [0.4, 0.5) is 0 Å². The Morgan fingerprint density at radius 2 is 2.09 bits per heavy atom. The highest BCUT2D eigenvalue weighted by Gasteiger charge is 2.37. The number of nitrogens with one attached hydrogen (secondary N) is 2. The van der Waals surface area contributed by atoms with Crippen LogP contribution < -0.4 is 5.32 Å². The number of carbonyl (C=O) groups excluding carboxylic acids is 2. The van der Waals surface area contributed by atoms with Crippen molar-refractivity contribution in [2.75, 3.05) is 27.7 Å².